The number of ether oxygens (including phenoxy) is 4. The topological polar surface area (TPSA) is 108 Å². The highest BCUT2D eigenvalue weighted by molar-refractivity contribution is 7.97. The van der Waals surface area contributed by atoms with Gasteiger partial charge in [-0.25, -0.2) is 0 Å². The molecule has 1 saturated heterocycles. The van der Waals surface area contributed by atoms with Gasteiger partial charge in [0.15, 0.2) is 20.8 Å². The first-order chi connectivity index (χ1) is 24.0. The summed E-state index contributed by atoms with van der Waals surface area (Å²) in [7, 11) is -6.35. The van der Waals surface area contributed by atoms with Gasteiger partial charge in [0.2, 0.25) is 0 Å². The summed E-state index contributed by atoms with van der Waals surface area (Å²) in [5.41, 5.74) is -0.382. The predicted molar refractivity (Wildman–Crippen MR) is 188 cm³/mol. The largest absolute Gasteiger partial charge is 0.483 e. The number of esters is 1. The van der Waals surface area contributed by atoms with Gasteiger partial charge in [-0.2, -0.15) is 17.2 Å². The number of benzene rings is 3. The second kappa shape index (κ2) is 13.1. The summed E-state index contributed by atoms with van der Waals surface area (Å²) in [5, 5.41) is -4.49. The molecule has 0 amide bonds. The molecular weight excluding hydrogens is 699 g/mol. The van der Waals surface area contributed by atoms with E-state index in [9.17, 15) is 22.0 Å². The number of alkyl halides is 2. The maximum absolute atomic E-state index is 14.2. The first-order valence-electron chi connectivity index (χ1n) is 17.5. The summed E-state index contributed by atoms with van der Waals surface area (Å²) in [6.07, 6.45) is 4.37. The van der Waals surface area contributed by atoms with E-state index >= 15 is 0 Å². The van der Waals surface area contributed by atoms with Crippen LogP contribution in [0.3, 0.4) is 0 Å². The van der Waals surface area contributed by atoms with Crippen LogP contribution >= 0.6 is 0 Å². The van der Waals surface area contributed by atoms with Gasteiger partial charge >= 0.3 is 21.3 Å². The minimum absolute atomic E-state index is 0.0192. The third kappa shape index (κ3) is 7.19. The van der Waals surface area contributed by atoms with Crippen LogP contribution in [0.4, 0.5) is 8.78 Å². The smallest absolute Gasteiger partial charge is 0.405 e. The molecule has 3 atom stereocenters. The lowest BCUT2D eigenvalue weighted by Gasteiger charge is -2.55. The standard InChI is InChI=1S/C39H44F2O8S2/c1-25(39(40,41)51(43,44)45)48-30-7-13-33(14-8-30)50(32-11-5-29(6-12-32)37(4)24-46-36(2,3)23-47-37)34-15-9-31(10-16-34)49-35(42)38-20-26-17-27(21-38)19-28(18-26)22-38/h5-16,25-28H,17-24H2,1-4H3/p+1. The molecule has 0 aromatic heterocycles. The Hall–Kier alpha value is -3.03. The van der Waals surface area contributed by atoms with Crippen molar-refractivity contribution in [1.82, 2.24) is 0 Å². The molecule has 3 unspecified atom stereocenters. The average molecular weight is 744 g/mol. The fourth-order valence-electron chi connectivity index (χ4n) is 8.62. The molecule has 0 spiro atoms. The fourth-order valence-corrected chi connectivity index (χ4v) is 11.1. The zero-order chi connectivity index (χ0) is 36.4. The van der Waals surface area contributed by atoms with E-state index in [0.717, 1.165) is 46.4 Å². The molecule has 5 aliphatic rings. The molecule has 8 rings (SSSR count). The van der Waals surface area contributed by atoms with E-state index in [4.69, 9.17) is 23.5 Å². The first kappa shape index (κ1) is 36.3. The van der Waals surface area contributed by atoms with E-state index in [1.54, 1.807) is 12.1 Å². The third-order valence-corrected chi connectivity index (χ3v) is 14.4. The van der Waals surface area contributed by atoms with E-state index in [1.807, 2.05) is 69.3 Å². The Morgan fingerprint density at radius 3 is 1.73 bits per heavy atom. The summed E-state index contributed by atoms with van der Waals surface area (Å²) >= 11 is 0. The van der Waals surface area contributed by atoms with Crippen LogP contribution in [0.15, 0.2) is 87.5 Å². The second-order valence-electron chi connectivity index (χ2n) is 15.7. The average Bonchev–Trinajstić information content (AvgIpc) is 3.07. The number of carbonyl (C=O) groups excluding carboxylic acids is 1. The zero-order valence-corrected chi connectivity index (χ0v) is 30.9. The lowest BCUT2D eigenvalue weighted by molar-refractivity contribution is -0.221. The molecule has 4 aliphatic carbocycles. The molecule has 4 saturated carbocycles. The van der Waals surface area contributed by atoms with Crippen LogP contribution in [0, 0.1) is 23.2 Å². The van der Waals surface area contributed by atoms with E-state index in [2.05, 4.69) is 0 Å². The van der Waals surface area contributed by atoms with Gasteiger partial charge < -0.3 is 18.9 Å². The molecule has 1 N–H and O–H groups in total. The number of hydrogen-bond acceptors (Lipinski definition) is 7. The van der Waals surface area contributed by atoms with Crippen molar-refractivity contribution in [1.29, 1.82) is 0 Å². The SMILES string of the molecule is CC(Oc1ccc([S+](c2ccc(OC(=O)C34CC5CC(CC(C5)C3)C4)cc2)c2ccc(C3(C)COC(C)(C)CO3)cc2)cc1)C(F)(F)S(=O)(=O)O. The monoisotopic (exact) mass is 743 g/mol. The normalized spacial score (nSPS) is 29.7. The molecule has 5 fully saturated rings. The van der Waals surface area contributed by atoms with E-state index in [0.29, 0.717) is 36.7 Å². The quantitative estimate of drug-likeness (QED) is 0.0959. The van der Waals surface area contributed by atoms with Crippen LogP contribution in [0.5, 0.6) is 11.5 Å². The summed E-state index contributed by atoms with van der Waals surface area (Å²) in [5.74, 6) is 2.30. The molecule has 3 aromatic carbocycles. The van der Waals surface area contributed by atoms with Crippen molar-refractivity contribution < 1.29 is 45.5 Å². The van der Waals surface area contributed by atoms with E-state index in [1.165, 1.54) is 31.4 Å². The Morgan fingerprint density at radius 1 is 0.804 bits per heavy atom. The van der Waals surface area contributed by atoms with Crippen LogP contribution in [-0.4, -0.2) is 49.1 Å². The van der Waals surface area contributed by atoms with Gasteiger partial charge in [-0.05, 0) is 150 Å². The van der Waals surface area contributed by atoms with Gasteiger partial charge in [0.05, 0.1) is 35.1 Å². The minimum atomic E-state index is -5.67. The Labute approximate surface area is 301 Å². The van der Waals surface area contributed by atoms with Crippen molar-refractivity contribution >= 4 is 27.0 Å². The van der Waals surface area contributed by atoms with Crippen molar-refractivity contribution in [2.75, 3.05) is 13.2 Å². The summed E-state index contributed by atoms with van der Waals surface area (Å²) < 4.78 is 83.4. The fraction of sp³-hybridized carbons (Fsp3) is 0.513. The zero-order valence-electron chi connectivity index (χ0n) is 29.3. The van der Waals surface area contributed by atoms with Crippen LogP contribution < -0.4 is 9.47 Å². The van der Waals surface area contributed by atoms with Crippen LogP contribution in [0.1, 0.15) is 71.8 Å². The lowest BCUT2D eigenvalue weighted by atomic mass is 9.49. The van der Waals surface area contributed by atoms with Gasteiger partial charge in [0, 0.05) is 0 Å². The molecule has 51 heavy (non-hydrogen) atoms. The molecule has 3 aromatic rings. The highest BCUT2D eigenvalue weighted by Gasteiger charge is 2.56. The van der Waals surface area contributed by atoms with Crippen LogP contribution in [0.25, 0.3) is 0 Å². The maximum Gasteiger partial charge on any atom is 0.405 e. The maximum atomic E-state index is 14.2. The molecule has 1 aliphatic heterocycles. The minimum Gasteiger partial charge on any atom is -0.483 e. The molecular formula is C39H45F2O8S2+. The van der Waals surface area contributed by atoms with Crippen molar-refractivity contribution in [3.05, 3.63) is 78.4 Å². The van der Waals surface area contributed by atoms with Crippen molar-refractivity contribution in [3.8, 4) is 11.5 Å². The molecule has 1 heterocycles. The van der Waals surface area contributed by atoms with Crippen LogP contribution in [0.2, 0.25) is 0 Å². The van der Waals surface area contributed by atoms with Gasteiger partial charge in [0.1, 0.15) is 17.1 Å². The van der Waals surface area contributed by atoms with Crippen molar-refractivity contribution in [2.24, 2.45) is 23.2 Å². The number of carbonyl (C=O) groups is 1. The Kier molecular flexibility index (Phi) is 9.35. The summed E-state index contributed by atoms with van der Waals surface area (Å²) in [6.45, 7) is 7.74. The predicted octanol–water partition coefficient (Wildman–Crippen LogP) is 8.19. The van der Waals surface area contributed by atoms with Gasteiger partial charge in [-0.1, -0.05) is 12.1 Å². The molecule has 12 heteroatoms. The number of hydrogen-bond donors (Lipinski definition) is 1. The molecule has 0 radical (unpaired) electrons. The van der Waals surface area contributed by atoms with E-state index in [-0.39, 0.29) is 22.7 Å². The summed E-state index contributed by atoms with van der Waals surface area (Å²) in [4.78, 5) is 16.4. The molecule has 8 nitrogen and oxygen atoms in total. The van der Waals surface area contributed by atoms with Crippen molar-refractivity contribution in [3.63, 3.8) is 0 Å². The molecule has 4 bridgehead atoms. The Bertz CT molecular complexity index is 1810. The van der Waals surface area contributed by atoms with Gasteiger partial charge in [0.25, 0.3) is 0 Å². The Balaban J connectivity index is 1.14. The highest BCUT2D eigenvalue weighted by atomic mass is 32.2. The van der Waals surface area contributed by atoms with E-state index < -0.39 is 38.0 Å². The Morgan fingerprint density at radius 2 is 1.27 bits per heavy atom. The van der Waals surface area contributed by atoms with Gasteiger partial charge in [-0.3, -0.25) is 9.35 Å². The molecule has 274 valence electrons. The lowest BCUT2D eigenvalue weighted by Crippen LogP contribution is -2.51. The highest BCUT2D eigenvalue weighted by Crippen LogP contribution is 2.60. The third-order valence-electron chi connectivity index (χ3n) is 11.1. The van der Waals surface area contributed by atoms with Crippen molar-refractivity contribution in [2.45, 2.75) is 103 Å². The summed E-state index contributed by atoms with van der Waals surface area (Å²) in [6, 6.07) is 22.1. The first-order valence-corrected chi connectivity index (χ1v) is 20.2. The number of halogens is 2. The number of rotatable bonds is 10. The van der Waals surface area contributed by atoms with Crippen LogP contribution in [-0.2, 0) is 40.9 Å². The van der Waals surface area contributed by atoms with Gasteiger partial charge in [-0.15, -0.1) is 0 Å². The second-order valence-corrected chi connectivity index (χ2v) is 19.2.